The number of benzene rings is 1. The lowest BCUT2D eigenvalue weighted by molar-refractivity contribution is -0.140. The van der Waals surface area contributed by atoms with Crippen molar-refractivity contribution in [2.24, 2.45) is 0 Å². The zero-order chi connectivity index (χ0) is 14.7. The van der Waals surface area contributed by atoms with E-state index in [1.54, 1.807) is 13.2 Å². The molecule has 1 fully saturated rings. The molecule has 0 atom stereocenters. The van der Waals surface area contributed by atoms with Gasteiger partial charge in [-0.25, -0.2) is 0 Å². The van der Waals surface area contributed by atoms with Crippen LogP contribution in [0.2, 0.25) is 0 Å². The minimum atomic E-state index is -0.751. The molecule has 21 heavy (non-hydrogen) atoms. The van der Waals surface area contributed by atoms with E-state index in [1.165, 1.54) is 0 Å². The Morgan fingerprint density at radius 2 is 1.95 bits per heavy atom. The lowest BCUT2D eigenvalue weighted by Gasteiger charge is -2.34. The maximum atomic E-state index is 12.6. The van der Waals surface area contributed by atoms with Crippen molar-refractivity contribution in [3.8, 4) is 11.5 Å². The highest BCUT2D eigenvalue weighted by atomic mass is 16.6. The van der Waals surface area contributed by atoms with Crippen LogP contribution in [0.15, 0.2) is 18.2 Å². The summed E-state index contributed by atoms with van der Waals surface area (Å²) < 4.78 is 16.5. The number of rotatable bonds is 3. The highest BCUT2D eigenvalue weighted by Gasteiger charge is 2.39. The van der Waals surface area contributed by atoms with Crippen molar-refractivity contribution in [1.82, 2.24) is 5.32 Å². The predicted molar refractivity (Wildman–Crippen MR) is 77.9 cm³/mol. The molecule has 6 heteroatoms. The lowest BCUT2D eigenvalue weighted by Crippen LogP contribution is -2.51. The summed E-state index contributed by atoms with van der Waals surface area (Å²) >= 11 is 0. The second kappa shape index (κ2) is 5.91. The molecular weight excluding hydrogens is 272 g/mol. The van der Waals surface area contributed by atoms with Gasteiger partial charge < -0.3 is 24.8 Å². The fourth-order valence-electron chi connectivity index (χ4n) is 2.72. The molecule has 3 rings (SSSR count). The third kappa shape index (κ3) is 2.82. The molecule has 0 aromatic heterocycles. The molecule has 114 valence electrons. The Hall–Kier alpha value is -1.79. The molecule has 1 amide bonds. The Morgan fingerprint density at radius 1 is 1.24 bits per heavy atom. The van der Waals surface area contributed by atoms with Gasteiger partial charge in [0, 0.05) is 18.9 Å². The van der Waals surface area contributed by atoms with E-state index in [0.29, 0.717) is 43.2 Å². The van der Waals surface area contributed by atoms with E-state index in [4.69, 9.17) is 14.2 Å². The summed E-state index contributed by atoms with van der Waals surface area (Å²) in [6.07, 6.45) is 1.33. The number of ether oxygens (including phenoxy) is 3. The van der Waals surface area contributed by atoms with E-state index in [9.17, 15) is 4.79 Å². The van der Waals surface area contributed by atoms with Gasteiger partial charge in [0.2, 0.25) is 0 Å². The number of piperidine rings is 1. The topological polar surface area (TPSA) is 68.8 Å². The molecule has 0 spiro atoms. The number of amides is 1. The molecule has 2 aliphatic heterocycles. The number of nitrogens with one attached hydrogen (secondary N) is 2. The highest BCUT2D eigenvalue weighted by molar-refractivity contribution is 5.97. The maximum Gasteiger partial charge on any atom is 0.256 e. The quantitative estimate of drug-likeness (QED) is 0.875. The summed E-state index contributed by atoms with van der Waals surface area (Å²) in [5.74, 6) is 1.27. The van der Waals surface area contributed by atoms with Crippen LogP contribution in [0.3, 0.4) is 0 Å². The number of carbonyl (C=O) groups is 1. The largest absolute Gasteiger partial charge is 0.486 e. The Balaban J connectivity index is 1.74. The highest BCUT2D eigenvalue weighted by Crippen LogP contribution is 2.33. The lowest BCUT2D eigenvalue weighted by atomic mass is 9.91. The second-order valence-electron chi connectivity index (χ2n) is 5.26. The molecule has 1 saturated heterocycles. The van der Waals surface area contributed by atoms with Crippen LogP contribution in [0.25, 0.3) is 0 Å². The maximum absolute atomic E-state index is 12.6. The van der Waals surface area contributed by atoms with Crippen LogP contribution >= 0.6 is 0 Å². The van der Waals surface area contributed by atoms with Gasteiger partial charge in [0.1, 0.15) is 18.8 Å². The summed E-state index contributed by atoms with van der Waals surface area (Å²) in [6.45, 7) is 2.64. The molecule has 2 N–H and O–H groups in total. The minimum Gasteiger partial charge on any atom is -0.486 e. The number of anilines is 1. The van der Waals surface area contributed by atoms with Crippen molar-refractivity contribution in [2.75, 3.05) is 38.7 Å². The summed E-state index contributed by atoms with van der Waals surface area (Å²) in [5.41, 5.74) is -0.0578. The molecule has 0 saturated carbocycles. The Morgan fingerprint density at radius 3 is 2.67 bits per heavy atom. The van der Waals surface area contributed by atoms with Gasteiger partial charge in [-0.2, -0.15) is 0 Å². The monoisotopic (exact) mass is 292 g/mol. The molecular formula is C15H20N2O4. The second-order valence-corrected chi connectivity index (χ2v) is 5.26. The van der Waals surface area contributed by atoms with Gasteiger partial charge in [-0.15, -0.1) is 0 Å². The average Bonchev–Trinajstić information content (AvgIpc) is 2.55. The molecule has 0 bridgehead atoms. The van der Waals surface area contributed by atoms with E-state index < -0.39 is 5.60 Å². The van der Waals surface area contributed by atoms with Gasteiger partial charge in [0.05, 0.1) is 0 Å². The van der Waals surface area contributed by atoms with Crippen molar-refractivity contribution < 1.29 is 19.0 Å². The zero-order valence-electron chi connectivity index (χ0n) is 12.1. The number of fused-ring (bicyclic) bond motifs is 1. The first-order valence-corrected chi connectivity index (χ1v) is 7.20. The molecule has 1 aromatic rings. The third-order valence-corrected chi connectivity index (χ3v) is 4.02. The molecule has 0 aliphatic carbocycles. The normalized spacial score (nSPS) is 19.9. The van der Waals surface area contributed by atoms with Crippen LogP contribution in [-0.4, -0.2) is 44.9 Å². The van der Waals surface area contributed by atoms with Crippen molar-refractivity contribution in [2.45, 2.75) is 18.4 Å². The van der Waals surface area contributed by atoms with E-state index in [-0.39, 0.29) is 5.91 Å². The van der Waals surface area contributed by atoms with Crippen LogP contribution in [0.1, 0.15) is 12.8 Å². The van der Waals surface area contributed by atoms with Gasteiger partial charge in [-0.3, -0.25) is 4.79 Å². The van der Waals surface area contributed by atoms with Gasteiger partial charge in [-0.05, 0) is 38.1 Å². The zero-order valence-corrected chi connectivity index (χ0v) is 12.1. The molecule has 1 aromatic carbocycles. The van der Waals surface area contributed by atoms with Crippen molar-refractivity contribution in [3.63, 3.8) is 0 Å². The van der Waals surface area contributed by atoms with Crippen LogP contribution in [0, 0.1) is 0 Å². The standard InChI is InChI=1S/C15H20N2O4/c1-19-15(4-6-16-7-5-15)14(18)17-11-2-3-12-13(10-11)21-9-8-20-12/h2-3,10,16H,4-9H2,1H3,(H,17,18). The van der Waals surface area contributed by atoms with Gasteiger partial charge in [0.15, 0.2) is 11.5 Å². The third-order valence-electron chi connectivity index (χ3n) is 4.02. The van der Waals surface area contributed by atoms with E-state index in [0.717, 1.165) is 13.1 Å². The SMILES string of the molecule is COC1(C(=O)Nc2ccc3c(c2)OCCO3)CCNCC1. The van der Waals surface area contributed by atoms with Gasteiger partial charge in [-0.1, -0.05) is 0 Å². The Labute approximate surface area is 123 Å². The van der Waals surface area contributed by atoms with Gasteiger partial charge in [0.25, 0.3) is 5.91 Å². The smallest absolute Gasteiger partial charge is 0.256 e. The average molecular weight is 292 g/mol. The predicted octanol–water partition coefficient (Wildman–Crippen LogP) is 1.16. The Kier molecular flexibility index (Phi) is 3.98. The van der Waals surface area contributed by atoms with Crippen LogP contribution in [-0.2, 0) is 9.53 Å². The molecule has 0 radical (unpaired) electrons. The molecule has 6 nitrogen and oxygen atoms in total. The number of methoxy groups -OCH3 is 1. The first-order valence-electron chi connectivity index (χ1n) is 7.20. The van der Waals surface area contributed by atoms with E-state index in [2.05, 4.69) is 10.6 Å². The fourth-order valence-corrected chi connectivity index (χ4v) is 2.72. The van der Waals surface area contributed by atoms with E-state index >= 15 is 0 Å². The number of carbonyl (C=O) groups excluding carboxylic acids is 1. The van der Waals surface area contributed by atoms with E-state index in [1.807, 2.05) is 12.1 Å². The van der Waals surface area contributed by atoms with Crippen LogP contribution in [0.4, 0.5) is 5.69 Å². The van der Waals surface area contributed by atoms with Crippen molar-refractivity contribution in [1.29, 1.82) is 0 Å². The number of hydrogen-bond acceptors (Lipinski definition) is 5. The first-order chi connectivity index (χ1) is 10.2. The summed E-state index contributed by atoms with van der Waals surface area (Å²) in [4.78, 5) is 12.6. The molecule has 2 aliphatic rings. The van der Waals surface area contributed by atoms with Crippen molar-refractivity contribution >= 4 is 11.6 Å². The summed E-state index contributed by atoms with van der Waals surface area (Å²) in [5, 5.41) is 6.16. The summed E-state index contributed by atoms with van der Waals surface area (Å²) in [7, 11) is 1.59. The number of hydrogen-bond donors (Lipinski definition) is 2. The van der Waals surface area contributed by atoms with Crippen LogP contribution < -0.4 is 20.1 Å². The fraction of sp³-hybridized carbons (Fsp3) is 0.533. The first kappa shape index (κ1) is 14.2. The molecule has 2 heterocycles. The summed E-state index contributed by atoms with van der Waals surface area (Å²) in [6, 6.07) is 5.42. The van der Waals surface area contributed by atoms with Crippen LogP contribution in [0.5, 0.6) is 11.5 Å². The Bertz CT molecular complexity index is 526. The van der Waals surface area contributed by atoms with Gasteiger partial charge >= 0.3 is 0 Å². The van der Waals surface area contributed by atoms with Crippen molar-refractivity contribution in [3.05, 3.63) is 18.2 Å². The minimum absolute atomic E-state index is 0.108. The molecule has 0 unspecified atom stereocenters.